The summed E-state index contributed by atoms with van der Waals surface area (Å²) in [5.41, 5.74) is 5.79. The Morgan fingerprint density at radius 3 is 2.40 bits per heavy atom. The minimum absolute atomic E-state index is 0.627. The van der Waals surface area contributed by atoms with Crippen LogP contribution in [0.4, 0.5) is 0 Å². The second kappa shape index (κ2) is 9.13. The lowest BCUT2D eigenvalue weighted by Crippen LogP contribution is -2.35. The maximum atomic E-state index is 5.79. The number of methoxy groups -OCH3 is 1. The van der Waals surface area contributed by atoms with Crippen molar-refractivity contribution in [2.45, 2.75) is 27.2 Å². The van der Waals surface area contributed by atoms with Crippen molar-refractivity contribution in [1.82, 2.24) is 4.90 Å². The molecule has 0 saturated heterocycles. The molecule has 0 aliphatic heterocycles. The smallest absolute Gasteiger partial charge is 0.0589 e. The van der Waals surface area contributed by atoms with E-state index in [1.807, 2.05) is 0 Å². The van der Waals surface area contributed by atoms with E-state index in [0.717, 1.165) is 38.7 Å². The zero-order valence-electron chi connectivity index (χ0n) is 10.8. The zero-order chi connectivity index (χ0) is 11.7. The average Bonchev–Trinajstić information content (AvgIpc) is 2.21. The van der Waals surface area contributed by atoms with Crippen LogP contribution in [0.5, 0.6) is 0 Å². The topological polar surface area (TPSA) is 38.5 Å². The van der Waals surface area contributed by atoms with Crippen LogP contribution in [-0.4, -0.2) is 44.8 Å². The molecule has 0 aromatic rings. The standard InChI is InChI=1S/C12H28N2O/c1-5-14(6-7-15-4)10-12(9-13)8-11(2)3/h11-12H,5-10,13H2,1-4H3. The summed E-state index contributed by atoms with van der Waals surface area (Å²) >= 11 is 0. The molecule has 0 bridgehead atoms. The van der Waals surface area contributed by atoms with E-state index < -0.39 is 0 Å². The van der Waals surface area contributed by atoms with Crippen LogP contribution in [-0.2, 0) is 4.74 Å². The number of hydrogen-bond acceptors (Lipinski definition) is 3. The quantitative estimate of drug-likeness (QED) is 0.636. The molecule has 0 saturated carbocycles. The van der Waals surface area contributed by atoms with Crippen LogP contribution in [0.2, 0.25) is 0 Å². The van der Waals surface area contributed by atoms with E-state index in [0.29, 0.717) is 5.92 Å². The zero-order valence-corrected chi connectivity index (χ0v) is 10.8. The summed E-state index contributed by atoms with van der Waals surface area (Å²) in [5, 5.41) is 0. The van der Waals surface area contributed by atoms with E-state index in [2.05, 4.69) is 25.7 Å². The Kier molecular flexibility index (Phi) is 9.06. The molecule has 0 heterocycles. The maximum Gasteiger partial charge on any atom is 0.0589 e. The molecule has 0 rings (SSSR count). The highest BCUT2D eigenvalue weighted by atomic mass is 16.5. The van der Waals surface area contributed by atoms with E-state index in [1.165, 1.54) is 6.42 Å². The average molecular weight is 216 g/mol. The lowest BCUT2D eigenvalue weighted by molar-refractivity contribution is 0.137. The van der Waals surface area contributed by atoms with Gasteiger partial charge in [0.15, 0.2) is 0 Å². The fourth-order valence-corrected chi connectivity index (χ4v) is 1.88. The molecule has 1 atom stereocenters. The molecule has 0 fully saturated rings. The highest BCUT2D eigenvalue weighted by Crippen LogP contribution is 2.11. The second-order valence-electron chi connectivity index (χ2n) is 4.62. The van der Waals surface area contributed by atoms with Crippen molar-refractivity contribution < 1.29 is 4.74 Å². The van der Waals surface area contributed by atoms with E-state index >= 15 is 0 Å². The van der Waals surface area contributed by atoms with Crippen LogP contribution in [0.1, 0.15) is 27.2 Å². The molecule has 0 amide bonds. The van der Waals surface area contributed by atoms with E-state index in [-0.39, 0.29) is 0 Å². The molecule has 2 N–H and O–H groups in total. The summed E-state index contributed by atoms with van der Waals surface area (Å²) in [6.45, 7) is 11.5. The van der Waals surface area contributed by atoms with E-state index in [4.69, 9.17) is 10.5 Å². The molecule has 15 heavy (non-hydrogen) atoms. The first-order valence-electron chi connectivity index (χ1n) is 6.05. The Morgan fingerprint density at radius 1 is 1.33 bits per heavy atom. The van der Waals surface area contributed by atoms with Gasteiger partial charge in [-0.15, -0.1) is 0 Å². The Balaban J connectivity index is 3.88. The van der Waals surface area contributed by atoms with Gasteiger partial charge in [0.1, 0.15) is 0 Å². The van der Waals surface area contributed by atoms with Crippen molar-refractivity contribution in [2.75, 3.05) is 39.9 Å². The molecule has 92 valence electrons. The Morgan fingerprint density at radius 2 is 2.00 bits per heavy atom. The largest absolute Gasteiger partial charge is 0.383 e. The third-order valence-electron chi connectivity index (χ3n) is 2.71. The third kappa shape index (κ3) is 7.77. The molecule has 0 aromatic heterocycles. The minimum Gasteiger partial charge on any atom is -0.383 e. The molecule has 0 spiro atoms. The molecule has 3 nitrogen and oxygen atoms in total. The first-order valence-corrected chi connectivity index (χ1v) is 6.05. The predicted octanol–water partition coefficient (Wildman–Crippen LogP) is 1.58. The van der Waals surface area contributed by atoms with Gasteiger partial charge in [0.2, 0.25) is 0 Å². The van der Waals surface area contributed by atoms with Gasteiger partial charge in [-0.05, 0) is 31.3 Å². The number of ether oxygens (including phenoxy) is 1. The predicted molar refractivity (Wildman–Crippen MR) is 66.0 cm³/mol. The molecular weight excluding hydrogens is 188 g/mol. The SMILES string of the molecule is CCN(CCOC)CC(CN)CC(C)C. The normalized spacial score (nSPS) is 13.8. The van der Waals surface area contributed by atoms with Gasteiger partial charge >= 0.3 is 0 Å². The van der Waals surface area contributed by atoms with Crippen molar-refractivity contribution in [1.29, 1.82) is 0 Å². The fourth-order valence-electron chi connectivity index (χ4n) is 1.88. The molecule has 3 heteroatoms. The van der Waals surface area contributed by atoms with E-state index in [9.17, 15) is 0 Å². The van der Waals surface area contributed by atoms with Gasteiger partial charge in [-0.3, -0.25) is 0 Å². The molecule has 0 aliphatic rings. The maximum absolute atomic E-state index is 5.79. The Hall–Kier alpha value is -0.120. The summed E-state index contributed by atoms with van der Waals surface area (Å²) in [7, 11) is 1.75. The van der Waals surface area contributed by atoms with Crippen molar-refractivity contribution in [3.63, 3.8) is 0 Å². The Bertz CT molecular complexity index is 140. The van der Waals surface area contributed by atoms with Crippen molar-refractivity contribution in [2.24, 2.45) is 17.6 Å². The van der Waals surface area contributed by atoms with Gasteiger partial charge < -0.3 is 15.4 Å². The monoisotopic (exact) mass is 216 g/mol. The van der Waals surface area contributed by atoms with Gasteiger partial charge in [-0.25, -0.2) is 0 Å². The van der Waals surface area contributed by atoms with Crippen molar-refractivity contribution in [3.8, 4) is 0 Å². The minimum atomic E-state index is 0.627. The summed E-state index contributed by atoms with van der Waals surface area (Å²) in [6.07, 6.45) is 1.22. The van der Waals surface area contributed by atoms with Crippen LogP contribution >= 0.6 is 0 Å². The molecule has 0 aliphatic carbocycles. The summed E-state index contributed by atoms with van der Waals surface area (Å²) in [5.74, 6) is 1.36. The molecule has 0 radical (unpaired) electrons. The summed E-state index contributed by atoms with van der Waals surface area (Å²) in [4.78, 5) is 2.42. The van der Waals surface area contributed by atoms with Crippen LogP contribution in [0.25, 0.3) is 0 Å². The second-order valence-corrected chi connectivity index (χ2v) is 4.62. The van der Waals surface area contributed by atoms with Gasteiger partial charge in [-0.2, -0.15) is 0 Å². The number of nitrogens with two attached hydrogens (primary N) is 1. The molecule has 0 aromatic carbocycles. The van der Waals surface area contributed by atoms with Crippen LogP contribution in [0, 0.1) is 11.8 Å². The number of hydrogen-bond donors (Lipinski definition) is 1. The van der Waals surface area contributed by atoms with Crippen LogP contribution < -0.4 is 5.73 Å². The highest BCUT2D eigenvalue weighted by Gasteiger charge is 2.13. The highest BCUT2D eigenvalue weighted by molar-refractivity contribution is 4.67. The van der Waals surface area contributed by atoms with Crippen LogP contribution in [0.3, 0.4) is 0 Å². The third-order valence-corrected chi connectivity index (χ3v) is 2.71. The lowest BCUT2D eigenvalue weighted by atomic mass is 9.96. The molecular formula is C12H28N2O. The van der Waals surface area contributed by atoms with Crippen molar-refractivity contribution in [3.05, 3.63) is 0 Å². The number of nitrogens with zero attached hydrogens (tertiary/aromatic N) is 1. The summed E-state index contributed by atoms with van der Waals surface area (Å²) in [6, 6.07) is 0. The van der Waals surface area contributed by atoms with Crippen molar-refractivity contribution >= 4 is 0 Å². The number of rotatable bonds is 9. The lowest BCUT2D eigenvalue weighted by Gasteiger charge is -2.26. The Labute approximate surface area is 95.0 Å². The first-order chi connectivity index (χ1) is 7.13. The van der Waals surface area contributed by atoms with Crippen LogP contribution in [0.15, 0.2) is 0 Å². The van der Waals surface area contributed by atoms with Gasteiger partial charge in [0.25, 0.3) is 0 Å². The van der Waals surface area contributed by atoms with Gasteiger partial charge in [0, 0.05) is 20.2 Å². The van der Waals surface area contributed by atoms with Gasteiger partial charge in [-0.1, -0.05) is 20.8 Å². The summed E-state index contributed by atoms with van der Waals surface area (Å²) < 4.78 is 5.10. The van der Waals surface area contributed by atoms with E-state index in [1.54, 1.807) is 7.11 Å². The first kappa shape index (κ1) is 14.9. The fraction of sp³-hybridized carbons (Fsp3) is 1.00. The molecule has 1 unspecified atom stereocenters. The number of likely N-dealkylation sites (N-methyl/N-ethyl adjacent to an activating group) is 1. The van der Waals surface area contributed by atoms with Gasteiger partial charge in [0.05, 0.1) is 6.61 Å².